The molecule has 0 aliphatic heterocycles. The lowest BCUT2D eigenvalue weighted by atomic mass is 10.2. The minimum Gasteiger partial charge on any atom is -0.465 e. The predicted octanol–water partition coefficient (Wildman–Crippen LogP) is 2.33. The molecule has 0 radical (unpaired) electrons. The molecular formula is C19H17N5O3. The number of benzene rings is 1. The molecule has 0 unspecified atom stereocenters. The maximum absolute atomic E-state index is 12.3. The van der Waals surface area contributed by atoms with Crippen LogP contribution >= 0.6 is 0 Å². The second kappa shape index (κ2) is 8.52. The lowest BCUT2D eigenvalue weighted by Gasteiger charge is -2.08. The van der Waals surface area contributed by atoms with E-state index in [1.165, 1.54) is 19.5 Å². The second-order valence-electron chi connectivity index (χ2n) is 5.53. The number of hydrogen-bond donors (Lipinski definition) is 2. The number of hydrogen-bond acceptors (Lipinski definition) is 7. The van der Waals surface area contributed by atoms with E-state index in [1.54, 1.807) is 42.7 Å². The number of carbonyl (C=O) groups is 2. The fraction of sp³-hybridized carbons (Fsp3) is 0.105. The number of anilines is 2. The largest absolute Gasteiger partial charge is 0.465 e. The van der Waals surface area contributed by atoms with Gasteiger partial charge in [0.25, 0.3) is 5.91 Å². The van der Waals surface area contributed by atoms with Crippen molar-refractivity contribution in [1.29, 1.82) is 0 Å². The molecule has 0 spiro atoms. The fourth-order valence-corrected chi connectivity index (χ4v) is 2.32. The molecule has 3 aromatic rings. The molecule has 0 atom stereocenters. The molecule has 8 heteroatoms. The molecule has 1 aromatic carbocycles. The van der Waals surface area contributed by atoms with Gasteiger partial charge in [-0.15, -0.1) is 0 Å². The summed E-state index contributed by atoms with van der Waals surface area (Å²) in [5, 5.41) is 5.82. The average molecular weight is 363 g/mol. The average Bonchev–Trinajstić information content (AvgIpc) is 2.72. The van der Waals surface area contributed by atoms with Gasteiger partial charge in [0.2, 0.25) is 0 Å². The summed E-state index contributed by atoms with van der Waals surface area (Å²) in [5.74, 6) is -0.331. The minimum atomic E-state index is -0.434. The molecule has 0 bridgehead atoms. The number of esters is 1. The SMILES string of the molecule is COC(=O)c1cccc(Nc2cc(C(=O)NCc3cccnc3)ncn2)c1. The quantitative estimate of drug-likeness (QED) is 0.647. The zero-order valence-corrected chi connectivity index (χ0v) is 14.5. The van der Waals surface area contributed by atoms with Gasteiger partial charge in [0.05, 0.1) is 12.7 Å². The van der Waals surface area contributed by atoms with Gasteiger partial charge >= 0.3 is 5.97 Å². The van der Waals surface area contributed by atoms with E-state index in [1.807, 2.05) is 6.07 Å². The molecular weight excluding hydrogens is 346 g/mol. The highest BCUT2D eigenvalue weighted by molar-refractivity contribution is 5.93. The van der Waals surface area contributed by atoms with Crippen LogP contribution in [0, 0.1) is 0 Å². The van der Waals surface area contributed by atoms with Crippen LogP contribution in [0.15, 0.2) is 61.2 Å². The fourth-order valence-electron chi connectivity index (χ4n) is 2.32. The van der Waals surface area contributed by atoms with Crippen molar-refractivity contribution in [2.45, 2.75) is 6.54 Å². The molecule has 1 amide bonds. The Balaban J connectivity index is 1.68. The van der Waals surface area contributed by atoms with Gasteiger partial charge < -0.3 is 15.4 Å². The van der Waals surface area contributed by atoms with E-state index in [0.717, 1.165) is 5.56 Å². The summed E-state index contributed by atoms with van der Waals surface area (Å²) in [4.78, 5) is 36.0. The molecule has 27 heavy (non-hydrogen) atoms. The molecule has 0 fully saturated rings. The third-order valence-corrected chi connectivity index (χ3v) is 3.63. The molecule has 136 valence electrons. The number of methoxy groups -OCH3 is 1. The van der Waals surface area contributed by atoms with Gasteiger partial charge in [-0.2, -0.15) is 0 Å². The van der Waals surface area contributed by atoms with Crippen LogP contribution in [0.25, 0.3) is 0 Å². The molecule has 3 rings (SSSR count). The first-order valence-electron chi connectivity index (χ1n) is 8.10. The van der Waals surface area contributed by atoms with Crippen LogP contribution in [0.3, 0.4) is 0 Å². The van der Waals surface area contributed by atoms with Crippen LogP contribution in [0.2, 0.25) is 0 Å². The first kappa shape index (κ1) is 18.0. The number of aromatic nitrogens is 3. The molecule has 2 aromatic heterocycles. The summed E-state index contributed by atoms with van der Waals surface area (Å²) >= 11 is 0. The first-order chi connectivity index (χ1) is 13.2. The van der Waals surface area contributed by atoms with E-state index in [0.29, 0.717) is 23.6 Å². The highest BCUT2D eigenvalue weighted by Crippen LogP contribution is 2.17. The van der Waals surface area contributed by atoms with E-state index in [-0.39, 0.29) is 11.6 Å². The van der Waals surface area contributed by atoms with Gasteiger partial charge in [0.15, 0.2) is 0 Å². The highest BCUT2D eigenvalue weighted by atomic mass is 16.5. The van der Waals surface area contributed by atoms with E-state index in [9.17, 15) is 9.59 Å². The van der Waals surface area contributed by atoms with Crippen LogP contribution < -0.4 is 10.6 Å². The lowest BCUT2D eigenvalue weighted by molar-refractivity contribution is 0.0600. The molecule has 0 aliphatic rings. The predicted molar refractivity (Wildman–Crippen MR) is 98.5 cm³/mol. The lowest BCUT2D eigenvalue weighted by Crippen LogP contribution is -2.24. The molecule has 0 saturated heterocycles. The summed E-state index contributed by atoms with van der Waals surface area (Å²) in [6.07, 6.45) is 4.65. The van der Waals surface area contributed by atoms with Gasteiger partial charge in [-0.3, -0.25) is 9.78 Å². The zero-order valence-electron chi connectivity index (χ0n) is 14.5. The van der Waals surface area contributed by atoms with Gasteiger partial charge in [-0.25, -0.2) is 14.8 Å². The second-order valence-corrected chi connectivity index (χ2v) is 5.53. The van der Waals surface area contributed by atoms with Crippen molar-refractivity contribution in [3.05, 3.63) is 78.0 Å². The van der Waals surface area contributed by atoms with Crippen molar-refractivity contribution < 1.29 is 14.3 Å². The smallest absolute Gasteiger partial charge is 0.337 e. The van der Waals surface area contributed by atoms with Crippen molar-refractivity contribution >= 4 is 23.4 Å². The number of nitrogens with zero attached hydrogens (tertiary/aromatic N) is 3. The molecule has 0 aliphatic carbocycles. The van der Waals surface area contributed by atoms with Crippen molar-refractivity contribution in [3.63, 3.8) is 0 Å². The Morgan fingerprint density at radius 2 is 2.00 bits per heavy atom. The normalized spacial score (nSPS) is 10.1. The van der Waals surface area contributed by atoms with Crippen molar-refractivity contribution in [3.8, 4) is 0 Å². The highest BCUT2D eigenvalue weighted by Gasteiger charge is 2.10. The van der Waals surface area contributed by atoms with Gasteiger partial charge in [0.1, 0.15) is 17.8 Å². The maximum Gasteiger partial charge on any atom is 0.337 e. The van der Waals surface area contributed by atoms with Gasteiger partial charge in [0, 0.05) is 30.7 Å². The third-order valence-electron chi connectivity index (χ3n) is 3.63. The van der Waals surface area contributed by atoms with Crippen LogP contribution in [-0.4, -0.2) is 33.9 Å². The Morgan fingerprint density at radius 3 is 2.78 bits per heavy atom. The maximum atomic E-state index is 12.3. The Morgan fingerprint density at radius 1 is 1.11 bits per heavy atom. The van der Waals surface area contributed by atoms with Crippen LogP contribution in [0.4, 0.5) is 11.5 Å². The summed E-state index contributed by atoms with van der Waals surface area (Å²) in [5.41, 5.74) is 2.16. The summed E-state index contributed by atoms with van der Waals surface area (Å²) in [7, 11) is 1.32. The number of carbonyl (C=O) groups excluding carboxylic acids is 2. The molecule has 2 N–H and O–H groups in total. The van der Waals surface area contributed by atoms with E-state index in [2.05, 4.69) is 25.6 Å². The Kier molecular flexibility index (Phi) is 5.68. The van der Waals surface area contributed by atoms with Crippen LogP contribution in [0.5, 0.6) is 0 Å². The molecule has 0 saturated carbocycles. The summed E-state index contributed by atoms with van der Waals surface area (Å²) in [6, 6.07) is 12.0. The van der Waals surface area contributed by atoms with Crippen LogP contribution in [-0.2, 0) is 11.3 Å². The number of pyridine rings is 1. The standard InChI is InChI=1S/C19H17N5O3/c1-27-19(26)14-5-2-6-15(8-14)24-17-9-16(22-12-23-17)18(25)21-11-13-4-3-7-20-10-13/h2-10,12H,11H2,1H3,(H,21,25)(H,22,23,24). The van der Waals surface area contributed by atoms with E-state index in [4.69, 9.17) is 4.74 Å². The topological polar surface area (TPSA) is 106 Å². The summed E-state index contributed by atoms with van der Waals surface area (Å²) in [6.45, 7) is 0.348. The van der Waals surface area contributed by atoms with E-state index < -0.39 is 5.97 Å². The minimum absolute atomic E-state index is 0.223. The van der Waals surface area contributed by atoms with Crippen molar-refractivity contribution in [2.75, 3.05) is 12.4 Å². The molecule has 8 nitrogen and oxygen atoms in total. The van der Waals surface area contributed by atoms with E-state index >= 15 is 0 Å². The Labute approximate surface area is 155 Å². The Bertz CT molecular complexity index is 947. The van der Waals surface area contributed by atoms with Gasteiger partial charge in [-0.1, -0.05) is 12.1 Å². The van der Waals surface area contributed by atoms with Crippen molar-refractivity contribution in [1.82, 2.24) is 20.3 Å². The van der Waals surface area contributed by atoms with Crippen molar-refractivity contribution in [2.24, 2.45) is 0 Å². The zero-order chi connectivity index (χ0) is 19.1. The Hall–Kier alpha value is -3.81. The van der Waals surface area contributed by atoms with Gasteiger partial charge in [-0.05, 0) is 29.8 Å². The first-order valence-corrected chi connectivity index (χ1v) is 8.10. The third kappa shape index (κ3) is 4.85. The molecule has 2 heterocycles. The monoisotopic (exact) mass is 363 g/mol. The number of amides is 1. The number of rotatable bonds is 6. The van der Waals surface area contributed by atoms with Crippen LogP contribution in [0.1, 0.15) is 26.4 Å². The number of ether oxygens (including phenoxy) is 1. The summed E-state index contributed by atoms with van der Waals surface area (Å²) < 4.78 is 4.71. The number of nitrogens with one attached hydrogen (secondary N) is 2.